The molecule has 1 aliphatic rings. The molecule has 0 aromatic heterocycles. The molecule has 1 fully saturated rings. The van der Waals surface area contributed by atoms with Crippen LogP contribution in [0.25, 0.3) is 0 Å². The van der Waals surface area contributed by atoms with Gasteiger partial charge >= 0.3 is 0 Å². The molecule has 0 aliphatic carbocycles. The average molecular weight is 133 g/mol. The van der Waals surface area contributed by atoms with Crippen molar-refractivity contribution in [1.29, 1.82) is 0 Å². The highest BCUT2D eigenvalue weighted by molar-refractivity contribution is 8.01. The Morgan fingerprint density at radius 2 is 2.75 bits per heavy atom. The van der Waals surface area contributed by atoms with Crippen LogP contribution in [0.1, 0.15) is 0 Å². The molecular formula is C3H5N2O2S. The maximum absolute atomic E-state index is 9.90. The van der Waals surface area contributed by atoms with Gasteiger partial charge < -0.3 is 0 Å². The van der Waals surface area contributed by atoms with Crippen LogP contribution in [0.5, 0.6) is 0 Å². The van der Waals surface area contributed by atoms with E-state index < -0.39 is 6.17 Å². The molecular weight excluding hydrogens is 128 g/mol. The number of thioether (sulfide) groups is 1. The van der Waals surface area contributed by atoms with E-state index in [1.807, 2.05) is 0 Å². The molecule has 1 radical (unpaired) electrons. The Morgan fingerprint density at radius 3 is 3.00 bits per heavy atom. The molecule has 0 bridgehead atoms. The van der Waals surface area contributed by atoms with E-state index in [2.05, 4.69) is 5.32 Å². The summed E-state index contributed by atoms with van der Waals surface area (Å²) in [4.78, 5) is 9.55. The topological polar surface area (TPSA) is 55.2 Å². The highest BCUT2D eigenvalue weighted by Gasteiger charge is 2.24. The Hall–Kier alpha value is -0.290. The molecule has 1 unspecified atom stereocenters. The van der Waals surface area contributed by atoms with Crippen LogP contribution in [-0.4, -0.2) is 17.0 Å². The van der Waals surface area contributed by atoms with Crippen LogP contribution in [-0.2, 0) is 0 Å². The summed E-state index contributed by atoms with van der Waals surface area (Å²) >= 11 is 1.43. The first kappa shape index (κ1) is 5.84. The van der Waals surface area contributed by atoms with Crippen molar-refractivity contribution in [2.24, 2.45) is 0 Å². The van der Waals surface area contributed by atoms with Crippen molar-refractivity contribution in [3.05, 3.63) is 15.9 Å². The molecule has 1 rings (SSSR count). The van der Waals surface area contributed by atoms with Gasteiger partial charge in [0, 0.05) is 10.8 Å². The lowest BCUT2D eigenvalue weighted by molar-refractivity contribution is -0.516. The van der Waals surface area contributed by atoms with Gasteiger partial charge in [0.2, 0.25) is 0 Å². The predicted molar refractivity (Wildman–Crippen MR) is 30.7 cm³/mol. The summed E-state index contributed by atoms with van der Waals surface area (Å²) in [6.07, 6.45) is -0.625. The Bertz CT molecular complexity index is 101. The molecule has 0 aromatic rings. The van der Waals surface area contributed by atoms with Crippen LogP contribution in [0.15, 0.2) is 0 Å². The van der Waals surface area contributed by atoms with Gasteiger partial charge in [0.05, 0.1) is 0 Å². The van der Waals surface area contributed by atoms with Gasteiger partial charge in [-0.2, -0.15) is 0 Å². The number of nitro groups is 1. The van der Waals surface area contributed by atoms with E-state index in [1.54, 1.807) is 5.75 Å². The van der Waals surface area contributed by atoms with Crippen molar-refractivity contribution >= 4 is 11.8 Å². The summed E-state index contributed by atoms with van der Waals surface area (Å²) in [5, 5.41) is 12.6. The first-order chi connectivity index (χ1) is 3.80. The second kappa shape index (κ2) is 2.32. The Kier molecular flexibility index (Phi) is 1.69. The van der Waals surface area contributed by atoms with Gasteiger partial charge in [-0.3, -0.25) is 10.1 Å². The SMILES string of the molecule is O=[N+]([O-])C1[CH]SCN1. The van der Waals surface area contributed by atoms with Crippen LogP contribution in [0, 0.1) is 15.9 Å². The molecule has 5 heteroatoms. The van der Waals surface area contributed by atoms with Crippen LogP contribution in [0.4, 0.5) is 0 Å². The smallest absolute Gasteiger partial charge is 0.263 e. The standard InChI is InChI=1S/C3H5N2O2S/c6-5(7)3-1-8-2-4-3/h1,3-4H,2H2. The van der Waals surface area contributed by atoms with Crippen LogP contribution < -0.4 is 5.32 Å². The minimum absolute atomic E-state index is 0.347. The molecule has 1 saturated heterocycles. The van der Waals surface area contributed by atoms with E-state index in [0.717, 1.165) is 0 Å². The van der Waals surface area contributed by atoms with Gasteiger partial charge in [-0.25, -0.2) is 5.32 Å². The number of nitrogens with one attached hydrogen (secondary N) is 1. The summed E-state index contributed by atoms with van der Waals surface area (Å²) in [5.41, 5.74) is 0. The third-order valence-corrected chi connectivity index (χ3v) is 1.61. The second-order valence-electron chi connectivity index (χ2n) is 1.38. The van der Waals surface area contributed by atoms with Gasteiger partial charge in [0.15, 0.2) is 0 Å². The number of hydrogen-bond donors (Lipinski definition) is 1. The lowest BCUT2D eigenvalue weighted by Crippen LogP contribution is -2.29. The van der Waals surface area contributed by atoms with E-state index in [-0.39, 0.29) is 4.92 Å². The third kappa shape index (κ3) is 1.10. The van der Waals surface area contributed by atoms with Gasteiger partial charge in [0.1, 0.15) is 5.75 Å². The van der Waals surface area contributed by atoms with E-state index in [1.165, 1.54) is 11.8 Å². The quantitative estimate of drug-likeness (QED) is 0.405. The second-order valence-corrected chi connectivity index (χ2v) is 2.28. The molecule has 0 saturated carbocycles. The van der Waals surface area contributed by atoms with Crippen molar-refractivity contribution < 1.29 is 4.92 Å². The Balaban J connectivity index is 2.35. The highest BCUT2D eigenvalue weighted by atomic mass is 32.2. The van der Waals surface area contributed by atoms with Crippen molar-refractivity contribution in [3.63, 3.8) is 0 Å². The number of hydrogen-bond acceptors (Lipinski definition) is 4. The monoisotopic (exact) mass is 133 g/mol. The van der Waals surface area contributed by atoms with Gasteiger partial charge in [-0.1, -0.05) is 0 Å². The average Bonchev–Trinajstić information content (AvgIpc) is 2.12. The van der Waals surface area contributed by atoms with Crippen molar-refractivity contribution in [2.45, 2.75) is 6.17 Å². The normalized spacial score (nSPS) is 28.2. The lowest BCUT2D eigenvalue weighted by atomic mass is 10.6. The molecule has 45 valence electrons. The third-order valence-electron chi connectivity index (χ3n) is 0.828. The molecule has 0 aromatic carbocycles. The molecule has 4 nitrogen and oxygen atoms in total. The fraction of sp³-hybridized carbons (Fsp3) is 0.667. The number of nitrogens with zero attached hydrogens (tertiary/aromatic N) is 1. The van der Waals surface area contributed by atoms with Crippen LogP contribution in [0.3, 0.4) is 0 Å². The van der Waals surface area contributed by atoms with Crippen molar-refractivity contribution in [2.75, 3.05) is 5.88 Å². The minimum atomic E-state index is -0.625. The lowest BCUT2D eigenvalue weighted by Gasteiger charge is -1.95. The van der Waals surface area contributed by atoms with Crippen molar-refractivity contribution in [3.8, 4) is 0 Å². The fourth-order valence-electron chi connectivity index (χ4n) is 0.445. The zero-order chi connectivity index (χ0) is 5.98. The summed E-state index contributed by atoms with van der Waals surface area (Å²) in [5.74, 6) is 2.24. The number of rotatable bonds is 1. The first-order valence-electron chi connectivity index (χ1n) is 2.12. The minimum Gasteiger partial charge on any atom is -0.263 e. The van der Waals surface area contributed by atoms with Gasteiger partial charge in [-0.05, 0) is 0 Å². The maximum atomic E-state index is 9.90. The predicted octanol–water partition coefficient (Wildman–Crippen LogP) is 0.0449. The Morgan fingerprint density at radius 1 is 2.00 bits per heavy atom. The molecule has 0 amide bonds. The molecule has 1 aliphatic heterocycles. The summed E-state index contributed by atoms with van der Waals surface area (Å²) < 4.78 is 0. The summed E-state index contributed by atoms with van der Waals surface area (Å²) in [6, 6.07) is 0. The van der Waals surface area contributed by atoms with E-state index >= 15 is 0 Å². The van der Waals surface area contributed by atoms with Crippen LogP contribution >= 0.6 is 11.8 Å². The Labute approximate surface area is 50.8 Å². The zero-order valence-corrected chi connectivity index (χ0v) is 4.85. The maximum Gasteiger partial charge on any atom is 0.279 e. The first-order valence-corrected chi connectivity index (χ1v) is 3.17. The fourth-order valence-corrected chi connectivity index (χ4v) is 1.19. The van der Waals surface area contributed by atoms with Gasteiger partial charge in [-0.15, -0.1) is 11.8 Å². The highest BCUT2D eigenvalue weighted by Crippen LogP contribution is 2.14. The molecule has 1 atom stereocenters. The van der Waals surface area contributed by atoms with E-state index in [9.17, 15) is 10.1 Å². The van der Waals surface area contributed by atoms with E-state index in [4.69, 9.17) is 0 Å². The molecule has 8 heavy (non-hydrogen) atoms. The van der Waals surface area contributed by atoms with Crippen molar-refractivity contribution in [1.82, 2.24) is 5.32 Å². The molecule has 0 spiro atoms. The summed E-state index contributed by atoms with van der Waals surface area (Å²) in [6.45, 7) is 0. The zero-order valence-electron chi connectivity index (χ0n) is 4.03. The van der Waals surface area contributed by atoms with Crippen LogP contribution in [0.2, 0.25) is 0 Å². The van der Waals surface area contributed by atoms with Gasteiger partial charge in [0.25, 0.3) is 6.17 Å². The molecule has 1 heterocycles. The van der Waals surface area contributed by atoms with E-state index in [0.29, 0.717) is 5.88 Å². The molecule has 1 N–H and O–H groups in total. The summed E-state index contributed by atoms with van der Waals surface area (Å²) in [7, 11) is 0. The largest absolute Gasteiger partial charge is 0.279 e.